The number of rotatable bonds is 9. The Balaban J connectivity index is 1.36. The fraction of sp³-hybridized carbons (Fsp3) is 0.375. The Hall–Kier alpha value is -2.84. The van der Waals surface area contributed by atoms with E-state index in [1.165, 1.54) is 4.90 Å². The number of unbranched alkanes of at least 4 members (excludes halogenated alkanes) is 1. The number of carbonyl (C=O) groups excluding carboxylic acids is 3. The Morgan fingerprint density at radius 3 is 2.69 bits per heavy atom. The predicted octanol–water partition coefficient (Wildman–Crippen LogP) is 4.06. The first-order valence-corrected chi connectivity index (χ1v) is 11.6. The topological polar surface area (TPSA) is 76.2 Å². The third-order valence-corrected chi connectivity index (χ3v) is 6.33. The maximum absolute atomic E-state index is 12.9. The lowest BCUT2D eigenvalue weighted by Gasteiger charge is -2.30. The van der Waals surface area contributed by atoms with Gasteiger partial charge in [-0.3, -0.25) is 19.3 Å². The molecule has 2 aliphatic heterocycles. The molecule has 1 unspecified atom stereocenters. The molecule has 1 atom stereocenters. The lowest BCUT2D eigenvalue weighted by molar-refractivity contribution is -0.130. The monoisotopic (exact) mass is 454 g/mol. The van der Waals surface area contributed by atoms with Gasteiger partial charge in [0, 0.05) is 24.9 Å². The number of nitrogens with zero attached hydrogens (tertiary/aromatic N) is 2. The first-order chi connectivity index (χ1) is 15.6. The molecule has 7 nitrogen and oxygen atoms in total. The van der Waals surface area contributed by atoms with Crippen molar-refractivity contribution in [3.05, 3.63) is 65.2 Å². The van der Waals surface area contributed by atoms with E-state index in [0.29, 0.717) is 29.6 Å². The standard InChI is InChI=1S/C24H26N2O5S/c1-2-3-10-18-11-7-12-19-20(18)31-16-25(21(19)27)13-14-30-22-23(28)32-24(29)26(22)15-17-8-5-4-6-9-17/h4-9,11-12,22H,2-3,10,13-16H2,1H3. The number of amides is 2. The van der Waals surface area contributed by atoms with Crippen molar-refractivity contribution in [3.8, 4) is 5.75 Å². The number of para-hydroxylation sites is 1. The van der Waals surface area contributed by atoms with E-state index >= 15 is 0 Å². The highest BCUT2D eigenvalue weighted by atomic mass is 32.2. The maximum atomic E-state index is 12.9. The van der Waals surface area contributed by atoms with Crippen LogP contribution in [0.25, 0.3) is 0 Å². The van der Waals surface area contributed by atoms with E-state index in [-0.39, 0.29) is 36.1 Å². The largest absolute Gasteiger partial charge is 0.472 e. The van der Waals surface area contributed by atoms with Gasteiger partial charge >= 0.3 is 0 Å². The number of aryl methyl sites for hydroxylation is 1. The van der Waals surface area contributed by atoms with Gasteiger partial charge in [-0.15, -0.1) is 0 Å². The summed E-state index contributed by atoms with van der Waals surface area (Å²) in [7, 11) is 0. The van der Waals surface area contributed by atoms with Crippen LogP contribution in [0.1, 0.15) is 41.3 Å². The van der Waals surface area contributed by atoms with Crippen LogP contribution in [0, 0.1) is 0 Å². The maximum Gasteiger partial charge on any atom is 0.292 e. The first-order valence-electron chi connectivity index (χ1n) is 10.8. The number of hydrogen-bond donors (Lipinski definition) is 0. The van der Waals surface area contributed by atoms with Crippen LogP contribution >= 0.6 is 11.8 Å². The van der Waals surface area contributed by atoms with Gasteiger partial charge in [0.25, 0.3) is 11.1 Å². The number of thioether (sulfide) groups is 1. The van der Waals surface area contributed by atoms with E-state index in [1.807, 2.05) is 42.5 Å². The second-order valence-corrected chi connectivity index (χ2v) is 8.72. The molecule has 168 valence electrons. The van der Waals surface area contributed by atoms with Crippen molar-refractivity contribution in [3.63, 3.8) is 0 Å². The fourth-order valence-corrected chi connectivity index (χ4v) is 4.55. The van der Waals surface area contributed by atoms with E-state index in [0.717, 1.165) is 30.4 Å². The SMILES string of the molecule is CCCCc1cccc2c1OCN(CCOC1C(=O)SC(=O)N1Cc1ccccc1)C2=O. The quantitative estimate of drug-likeness (QED) is 0.569. The van der Waals surface area contributed by atoms with Gasteiger partial charge in [0.15, 0.2) is 6.73 Å². The molecule has 2 amide bonds. The minimum Gasteiger partial charge on any atom is -0.472 e. The Bertz CT molecular complexity index is 997. The molecule has 0 aliphatic carbocycles. The molecule has 2 aromatic carbocycles. The van der Waals surface area contributed by atoms with Gasteiger partial charge in [-0.2, -0.15) is 0 Å². The Morgan fingerprint density at radius 1 is 1.09 bits per heavy atom. The Labute approximate surface area is 191 Å². The van der Waals surface area contributed by atoms with Gasteiger partial charge < -0.3 is 14.4 Å². The summed E-state index contributed by atoms with van der Waals surface area (Å²) in [6.45, 7) is 2.95. The van der Waals surface area contributed by atoms with Gasteiger partial charge in [-0.1, -0.05) is 55.8 Å². The van der Waals surface area contributed by atoms with Crippen LogP contribution in [0.5, 0.6) is 5.75 Å². The van der Waals surface area contributed by atoms with Crippen LogP contribution in [0.2, 0.25) is 0 Å². The molecule has 1 fully saturated rings. The molecule has 1 saturated heterocycles. The molecule has 2 aromatic rings. The van der Waals surface area contributed by atoms with E-state index in [4.69, 9.17) is 9.47 Å². The molecule has 2 heterocycles. The average Bonchev–Trinajstić information content (AvgIpc) is 3.07. The number of benzene rings is 2. The summed E-state index contributed by atoms with van der Waals surface area (Å²) in [6.07, 6.45) is 2.03. The predicted molar refractivity (Wildman–Crippen MR) is 121 cm³/mol. The molecule has 0 aromatic heterocycles. The van der Waals surface area contributed by atoms with Gasteiger partial charge in [0.2, 0.25) is 11.3 Å². The van der Waals surface area contributed by atoms with Gasteiger partial charge in [-0.25, -0.2) is 0 Å². The molecule has 0 radical (unpaired) electrons. The van der Waals surface area contributed by atoms with E-state index in [9.17, 15) is 14.4 Å². The molecule has 8 heteroatoms. The van der Waals surface area contributed by atoms with Gasteiger partial charge in [0.05, 0.1) is 12.2 Å². The Morgan fingerprint density at radius 2 is 1.91 bits per heavy atom. The third kappa shape index (κ3) is 4.81. The molecule has 0 N–H and O–H groups in total. The number of ether oxygens (including phenoxy) is 2. The number of carbonyl (C=O) groups is 3. The number of hydrogen-bond acceptors (Lipinski definition) is 6. The third-order valence-electron chi connectivity index (χ3n) is 5.52. The summed E-state index contributed by atoms with van der Waals surface area (Å²) >= 11 is 0.659. The zero-order chi connectivity index (χ0) is 22.5. The Kier molecular flexibility index (Phi) is 7.12. The molecule has 0 spiro atoms. The van der Waals surface area contributed by atoms with Crippen LogP contribution in [0.4, 0.5) is 4.79 Å². The first kappa shape index (κ1) is 22.4. The summed E-state index contributed by atoms with van der Waals surface area (Å²) in [5, 5.41) is -0.659. The van der Waals surface area contributed by atoms with Gasteiger partial charge in [-0.05, 0) is 30.0 Å². The van der Waals surface area contributed by atoms with Crippen LogP contribution in [0.3, 0.4) is 0 Å². The molecule has 0 bridgehead atoms. The molecular formula is C24H26N2O5S. The van der Waals surface area contributed by atoms with Crippen LogP contribution in [0.15, 0.2) is 48.5 Å². The second kappa shape index (κ2) is 10.2. The van der Waals surface area contributed by atoms with Crippen molar-refractivity contribution >= 4 is 28.0 Å². The van der Waals surface area contributed by atoms with Crippen molar-refractivity contribution in [2.45, 2.75) is 39.0 Å². The summed E-state index contributed by atoms with van der Waals surface area (Å²) in [6, 6.07) is 15.1. The van der Waals surface area contributed by atoms with Crippen molar-refractivity contribution in [1.82, 2.24) is 9.80 Å². The van der Waals surface area contributed by atoms with Crippen LogP contribution < -0.4 is 4.74 Å². The zero-order valence-electron chi connectivity index (χ0n) is 18.0. The normalized spacial score (nSPS) is 18.2. The van der Waals surface area contributed by atoms with Crippen molar-refractivity contribution in [2.75, 3.05) is 19.9 Å². The van der Waals surface area contributed by atoms with E-state index < -0.39 is 6.23 Å². The summed E-state index contributed by atoms with van der Waals surface area (Å²) in [5.41, 5.74) is 2.52. The molecule has 0 saturated carbocycles. The highest BCUT2D eigenvalue weighted by Crippen LogP contribution is 2.31. The number of fused-ring (bicyclic) bond motifs is 1. The van der Waals surface area contributed by atoms with Crippen molar-refractivity contribution in [2.24, 2.45) is 0 Å². The van der Waals surface area contributed by atoms with E-state index in [2.05, 4.69) is 6.92 Å². The summed E-state index contributed by atoms with van der Waals surface area (Å²) < 4.78 is 11.7. The second-order valence-electron chi connectivity index (χ2n) is 7.76. The highest BCUT2D eigenvalue weighted by Gasteiger charge is 2.40. The van der Waals surface area contributed by atoms with E-state index in [1.54, 1.807) is 11.0 Å². The van der Waals surface area contributed by atoms with Crippen LogP contribution in [-0.2, 0) is 22.5 Å². The van der Waals surface area contributed by atoms with Crippen LogP contribution in [-0.4, -0.2) is 52.2 Å². The smallest absolute Gasteiger partial charge is 0.292 e. The minimum atomic E-state index is -0.957. The minimum absolute atomic E-state index is 0.113. The zero-order valence-corrected chi connectivity index (χ0v) is 18.8. The lowest BCUT2D eigenvalue weighted by atomic mass is 10.0. The molecular weight excluding hydrogens is 428 g/mol. The molecule has 2 aliphatic rings. The summed E-state index contributed by atoms with van der Waals surface area (Å²) in [5.74, 6) is 0.558. The summed E-state index contributed by atoms with van der Waals surface area (Å²) in [4.78, 5) is 40.5. The molecule has 32 heavy (non-hydrogen) atoms. The average molecular weight is 455 g/mol. The highest BCUT2D eigenvalue weighted by molar-refractivity contribution is 8.26. The van der Waals surface area contributed by atoms with Gasteiger partial charge in [0.1, 0.15) is 5.75 Å². The van der Waals surface area contributed by atoms with Crippen molar-refractivity contribution < 1.29 is 23.9 Å². The fourth-order valence-electron chi connectivity index (χ4n) is 3.80. The molecule has 4 rings (SSSR count). The lowest BCUT2D eigenvalue weighted by Crippen LogP contribution is -2.43. The van der Waals surface area contributed by atoms with Crippen molar-refractivity contribution in [1.29, 1.82) is 0 Å².